The highest BCUT2D eigenvalue weighted by atomic mass is 35.5. The topological polar surface area (TPSA) is 100 Å². The summed E-state index contributed by atoms with van der Waals surface area (Å²) in [6.45, 7) is 3.40. The number of ketones is 1. The van der Waals surface area contributed by atoms with E-state index in [0.29, 0.717) is 5.02 Å². The van der Waals surface area contributed by atoms with E-state index in [0.717, 1.165) is 14.2 Å². The Kier molecular flexibility index (Phi) is 6.64. The number of hydrogen-bond acceptors (Lipinski definition) is 7. The van der Waals surface area contributed by atoms with Crippen LogP contribution < -0.4 is 0 Å². The molecule has 0 unspecified atom stereocenters. The summed E-state index contributed by atoms with van der Waals surface area (Å²) in [5.74, 6) is -2.94. The van der Waals surface area contributed by atoms with Gasteiger partial charge in [-0.05, 0) is 50.2 Å². The molecule has 9 heteroatoms. The number of rotatable bonds is 6. The molecule has 0 saturated heterocycles. The van der Waals surface area contributed by atoms with Crippen molar-refractivity contribution in [1.29, 1.82) is 0 Å². The van der Waals surface area contributed by atoms with Crippen molar-refractivity contribution in [3.63, 3.8) is 0 Å². The molecule has 0 aliphatic rings. The number of fused-ring (bicyclic) bond motifs is 1. The van der Waals surface area contributed by atoms with Crippen molar-refractivity contribution in [1.82, 2.24) is 4.40 Å². The highest BCUT2D eigenvalue weighted by molar-refractivity contribution is 6.30. The lowest BCUT2D eigenvalue weighted by Gasteiger charge is -2.09. The molecule has 0 amide bonds. The minimum absolute atomic E-state index is 0.113. The molecule has 0 bridgehead atoms. The van der Waals surface area contributed by atoms with Gasteiger partial charge in [0.15, 0.2) is 0 Å². The number of halogens is 1. The number of methoxy groups -OCH3 is 2. The zero-order chi connectivity index (χ0) is 23.6. The largest absolute Gasteiger partial charge is 0.465 e. The predicted octanol–water partition coefficient (Wildman–Crippen LogP) is 3.96. The van der Waals surface area contributed by atoms with E-state index in [1.165, 1.54) is 47.0 Å². The molecule has 0 fully saturated rings. The van der Waals surface area contributed by atoms with E-state index in [1.807, 2.05) is 0 Å². The second-order valence-electron chi connectivity index (χ2n) is 7.04. The molecule has 166 valence electrons. The number of carbonyl (C=O) groups excluding carboxylic acids is 4. The van der Waals surface area contributed by atoms with Gasteiger partial charge in [-0.25, -0.2) is 14.4 Å². The average Bonchev–Trinajstić information content (AvgIpc) is 3.11. The van der Waals surface area contributed by atoms with Gasteiger partial charge in [-0.2, -0.15) is 0 Å². The monoisotopic (exact) mass is 457 g/mol. The zero-order valence-corrected chi connectivity index (χ0v) is 18.6. The quantitative estimate of drug-likeness (QED) is 0.313. The van der Waals surface area contributed by atoms with Crippen LogP contribution in [0, 0.1) is 0 Å². The van der Waals surface area contributed by atoms with Crippen LogP contribution in [0.3, 0.4) is 0 Å². The molecule has 0 aliphatic heterocycles. The van der Waals surface area contributed by atoms with Crippen LogP contribution in [0.5, 0.6) is 0 Å². The minimum atomic E-state index is -0.905. The highest BCUT2D eigenvalue weighted by Crippen LogP contribution is 2.29. The molecule has 0 N–H and O–H groups in total. The van der Waals surface area contributed by atoms with Crippen molar-refractivity contribution >= 4 is 40.8 Å². The summed E-state index contributed by atoms with van der Waals surface area (Å²) in [6, 6.07) is 8.85. The molecule has 1 aromatic carbocycles. The third-order valence-corrected chi connectivity index (χ3v) is 4.87. The smallest absolute Gasteiger partial charge is 0.341 e. The minimum Gasteiger partial charge on any atom is -0.465 e. The zero-order valence-electron chi connectivity index (χ0n) is 17.8. The van der Waals surface area contributed by atoms with Gasteiger partial charge in [0.05, 0.1) is 31.4 Å². The lowest BCUT2D eigenvalue weighted by molar-refractivity contribution is 0.0377. The van der Waals surface area contributed by atoms with Gasteiger partial charge in [-0.3, -0.25) is 4.79 Å². The number of carbonyl (C=O) groups is 4. The molecule has 2 aromatic heterocycles. The van der Waals surface area contributed by atoms with Crippen molar-refractivity contribution in [2.45, 2.75) is 20.0 Å². The third kappa shape index (κ3) is 4.22. The van der Waals surface area contributed by atoms with Crippen molar-refractivity contribution in [2.75, 3.05) is 14.2 Å². The van der Waals surface area contributed by atoms with Crippen molar-refractivity contribution in [2.24, 2.45) is 0 Å². The first-order valence-corrected chi connectivity index (χ1v) is 9.93. The molecule has 3 aromatic rings. The van der Waals surface area contributed by atoms with Gasteiger partial charge in [-0.15, -0.1) is 0 Å². The molecule has 0 aliphatic carbocycles. The Labute approximate surface area is 188 Å². The summed E-state index contributed by atoms with van der Waals surface area (Å²) in [4.78, 5) is 51.1. The van der Waals surface area contributed by atoms with Crippen molar-refractivity contribution < 1.29 is 33.4 Å². The molecule has 0 radical (unpaired) electrons. The number of esters is 3. The van der Waals surface area contributed by atoms with Crippen LogP contribution in [0.15, 0.2) is 42.6 Å². The van der Waals surface area contributed by atoms with Crippen LogP contribution in [0.4, 0.5) is 0 Å². The van der Waals surface area contributed by atoms with Crippen LogP contribution in [0.1, 0.15) is 61.0 Å². The summed E-state index contributed by atoms with van der Waals surface area (Å²) >= 11 is 5.91. The summed E-state index contributed by atoms with van der Waals surface area (Å²) in [5.41, 5.74) is -0.0925. The van der Waals surface area contributed by atoms with Gasteiger partial charge in [0.25, 0.3) is 0 Å². The predicted molar refractivity (Wildman–Crippen MR) is 116 cm³/mol. The van der Waals surface area contributed by atoms with Crippen molar-refractivity contribution in [3.05, 3.63) is 75.6 Å². The Morgan fingerprint density at radius 1 is 0.844 bits per heavy atom. The summed E-state index contributed by atoms with van der Waals surface area (Å²) in [5, 5.41) is 0.429. The van der Waals surface area contributed by atoms with Crippen LogP contribution in [0.2, 0.25) is 5.02 Å². The van der Waals surface area contributed by atoms with E-state index in [1.54, 1.807) is 13.8 Å². The first kappa shape index (κ1) is 23.0. The van der Waals surface area contributed by atoms with E-state index < -0.39 is 23.7 Å². The van der Waals surface area contributed by atoms with E-state index in [-0.39, 0.29) is 39.6 Å². The Balaban J connectivity index is 2.35. The lowest BCUT2D eigenvalue weighted by atomic mass is 10.0. The first-order chi connectivity index (χ1) is 15.2. The maximum atomic E-state index is 13.4. The van der Waals surface area contributed by atoms with Gasteiger partial charge in [0, 0.05) is 16.8 Å². The first-order valence-electron chi connectivity index (χ1n) is 9.55. The number of hydrogen-bond donors (Lipinski definition) is 0. The Hall–Kier alpha value is -3.65. The number of benzene rings is 1. The number of nitrogens with zero attached hydrogens (tertiary/aromatic N) is 1. The van der Waals surface area contributed by atoms with E-state index in [9.17, 15) is 19.2 Å². The fourth-order valence-corrected chi connectivity index (χ4v) is 3.36. The molecule has 0 spiro atoms. The fourth-order valence-electron chi connectivity index (χ4n) is 3.23. The Morgan fingerprint density at radius 3 is 2.00 bits per heavy atom. The lowest BCUT2D eigenvalue weighted by Crippen LogP contribution is -2.15. The number of ether oxygens (including phenoxy) is 3. The fraction of sp³-hybridized carbons (Fsp3) is 0.217. The molecular weight excluding hydrogens is 438 g/mol. The molecule has 32 heavy (non-hydrogen) atoms. The second kappa shape index (κ2) is 9.23. The van der Waals surface area contributed by atoms with Crippen LogP contribution >= 0.6 is 11.6 Å². The van der Waals surface area contributed by atoms with E-state index in [2.05, 4.69) is 0 Å². The van der Waals surface area contributed by atoms with Gasteiger partial charge in [0.1, 0.15) is 16.8 Å². The SMILES string of the molecule is COC(=O)c1c(C(=O)OC)c2cc(C(=O)OC(C)C)ccn2c1C(=O)c1ccc(Cl)cc1. The highest BCUT2D eigenvalue weighted by Gasteiger charge is 2.33. The molecule has 8 nitrogen and oxygen atoms in total. The van der Waals surface area contributed by atoms with E-state index in [4.69, 9.17) is 25.8 Å². The Bertz CT molecular complexity index is 1230. The standard InChI is InChI=1S/C23H20ClNO7/c1-12(2)32-21(27)14-9-10-25-16(11-14)17(22(28)30-3)18(23(29)31-4)19(25)20(26)13-5-7-15(24)8-6-13/h5-12H,1-4H3. The molecule has 0 atom stereocenters. The second-order valence-corrected chi connectivity index (χ2v) is 7.48. The van der Waals surface area contributed by atoms with Gasteiger partial charge >= 0.3 is 17.9 Å². The van der Waals surface area contributed by atoms with Crippen LogP contribution in [0.25, 0.3) is 5.52 Å². The van der Waals surface area contributed by atoms with Crippen molar-refractivity contribution in [3.8, 4) is 0 Å². The normalized spacial score (nSPS) is 10.8. The van der Waals surface area contributed by atoms with Gasteiger partial charge in [0.2, 0.25) is 5.78 Å². The Morgan fingerprint density at radius 2 is 1.44 bits per heavy atom. The summed E-state index contributed by atoms with van der Waals surface area (Å²) < 4.78 is 16.3. The van der Waals surface area contributed by atoms with Crippen LogP contribution in [-0.2, 0) is 14.2 Å². The summed E-state index contributed by atoms with van der Waals surface area (Å²) in [7, 11) is 2.28. The molecular formula is C23H20ClNO7. The number of aromatic nitrogens is 1. The molecule has 2 heterocycles. The maximum absolute atomic E-state index is 13.4. The number of pyridine rings is 1. The van der Waals surface area contributed by atoms with Gasteiger partial charge in [-0.1, -0.05) is 11.6 Å². The average molecular weight is 458 g/mol. The van der Waals surface area contributed by atoms with E-state index >= 15 is 0 Å². The maximum Gasteiger partial charge on any atom is 0.341 e. The third-order valence-electron chi connectivity index (χ3n) is 4.62. The summed E-state index contributed by atoms with van der Waals surface area (Å²) in [6.07, 6.45) is 1.05. The molecule has 0 saturated carbocycles. The van der Waals surface area contributed by atoms with Crippen LogP contribution in [-0.4, -0.2) is 48.4 Å². The molecule has 3 rings (SSSR count). The van der Waals surface area contributed by atoms with Gasteiger partial charge < -0.3 is 18.6 Å².